The topological polar surface area (TPSA) is 70.1 Å². The highest BCUT2D eigenvalue weighted by atomic mass is 16.5. The molecule has 6 heteroatoms. The molecule has 3 atom stereocenters. The summed E-state index contributed by atoms with van der Waals surface area (Å²) in [6.07, 6.45) is 1.74. The molecule has 2 aliphatic rings. The van der Waals surface area contributed by atoms with Crippen LogP contribution >= 0.6 is 0 Å². The molecule has 114 valence electrons. The lowest BCUT2D eigenvalue weighted by Crippen LogP contribution is -2.60. The number of carbonyl (C=O) groups is 2. The van der Waals surface area contributed by atoms with Crippen LogP contribution in [0.15, 0.2) is 0 Å². The van der Waals surface area contributed by atoms with Crippen molar-refractivity contribution in [3.63, 3.8) is 0 Å². The molecule has 0 spiro atoms. The Balaban J connectivity index is 2.21. The molecular formula is C14H24N2O4. The lowest BCUT2D eigenvalue weighted by molar-refractivity contribution is -0.149. The van der Waals surface area contributed by atoms with Gasteiger partial charge in [0.05, 0.1) is 18.8 Å². The second-order valence-corrected chi connectivity index (χ2v) is 5.87. The van der Waals surface area contributed by atoms with E-state index in [1.165, 1.54) is 0 Å². The molecule has 1 N–H and O–H groups in total. The molecule has 20 heavy (non-hydrogen) atoms. The standard InChI is InChI=1S/C14H24N2O4/c1-4-14(12(17)18)6-5-7-16(14)13(19)15-8-11(3)20-9-10(15)2/h10-11H,4-9H2,1-3H3,(H,17,18). The van der Waals surface area contributed by atoms with E-state index in [0.717, 1.165) is 6.42 Å². The first-order valence-corrected chi connectivity index (χ1v) is 7.35. The van der Waals surface area contributed by atoms with E-state index in [2.05, 4.69) is 0 Å². The Labute approximate surface area is 119 Å². The predicted molar refractivity (Wildman–Crippen MR) is 73.6 cm³/mol. The third kappa shape index (κ3) is 2.37. The van der Waals surface area contributed by atoms with E-state index in [1.807, 2.05) is 20.8 Å². The summed E-state index contributed by atoms with van der Waals surface area (Å²) in [5, 5.41) is 9.56. The number of carboxylic acids is 1. The van der Waals surface area contributed by atoms with Crippen LogP contribution in [0.3, 0.4) is 0 Å². The monoisotopic (exact) mass is 284 g/mol. The van der Waals surface area contributed by atoms with Crippen molar-refractivity contribution in [3.05, 3.63) is 0 Å². The first-order chi connectivity index (χ1) is 9.42. The quantitative estimate of drug-likeness (QED) is 0.835. The molecule has 0 saturated carbocycles. The van der Waals surface area contributed by atoms with Gasteiger partial charge in [-0.1, -0.05) is 6.92 Å². The number of hydrogen-bond acceptors (Lipinski definition) is 3. The predicted octanol–water partition coefficient (Wildman–Crippen LogP) is 1.54. The Bertz CT molecular complexity index is 401. The first-order valence-electron chi connectivity index (χ1n) is 7.35. The molecule has 2 aliphatic heterocycles. The van der Waals surface area contributed by atoms with Crippen LogP contribution in [0.5, 0.6) is 0 Å². The summed E-state index contributed by atoms with van der Waals surface area (Å²) in [5.74, 6) is -0.889. The molecule has 0 aromatic heterocycles. The molecule has 0 aromatic carbocycles. The zero-order valence-corrected chi connectivity index (χ0v) is 12.5. The number of carbonyl (C=O) groups excluding carboxylic acids is 1. The van der Waals surface area contributed by atoms with Gasteiger partial charge in [0.25, 0.3) is 0 Å². The Morgan fingerprint density at radius 2 is 2.10 bits per heavy atom. The smallest absolute Gasteiger partial charge is 0.329 e. The molecule has 2 fully saturated rings. The minimum atomic E-state index is -1.03. The number of amides is 2. The van der Waals surface area contributed by atoms with E-state index in [9.17, 15) is 14.7 Å². The second-order valence-electron chi connectivity index (χ2n) is 5.87. The number of urea groups is 1. The van der Waals surface area contributed by atoms with Crippen LogP contribution in [-0.2, 0) is 9.53 Å². The highest BCUT2D eigenvalue weighted by Gasteiger charge is 2.50. The van der Waals surface area contributed by atoms with Crippen molar-refractivity contribution >= 4 is 12.0 Å². The fraction of sp³-hybridized carbons (Fsp3) is 0.857. The van der Waals surface area contributed by atoms with Crippen molar-refractivity contribution in [1.29, 1.82) is 0 Å². The Morgan fingerprint density at radius 1 is 1.40 bits per heavy atom. The largest absolute Gasteiger partial charge is 0.479 e. The summed E-state index contributed by atoms with van der Waals surface area (Å²) in [6.45, 7) is 7.26. The number of carboxylic acid groups (broad SMARTS) is 1. The van der Waals surface area contributed by atoms with Gasteiger partial charge in [-0.25, -0.2) is 9.59 Å². The molecule has 2 heterocycles. The van der Waals surface area contributed by atoms with Crippen LogP contribution in [-0.4, -0.2) is 64.3 Å². The van der Waals surface area contributed by atoms with E-state index in [-0.39, 0.29) is 18.2 Å². The van der Waals surface area contributed by atoms with Crippen LogP contribution in [0.2, 0.25) is 0 Å². The minimum absolute atomic E-state index is 0.00129. The summed E-state index contributed by atoms with van der Waals surface area (Å²) in [4.78, 5) is 27.7. The molecule has 2 rings (SSSR count). The van der Waals surface area contributed by atoms with Crippen LogP contribution in [0.25, 0.3) is 0 Å². The molecule has 0 aliphatic carbocycles. The van der Waals surface area contributed by atoms with Crippen molar-refractivity contribution in [2.75, 3.05) is 19.7 Å². The molecule has 0 aromatic rings. The van der Waals surface area contributed by atoms with Crippen molar-refractivity contribution < 1.29 is 19.4 Å². The number of morpholine rings is 1. The fourth-order valence-corrected chi connectivity index (χ4v) is 3.22. The number of aliphatic carboxylic acids is 1. The van der Waals surface area contributed by atoms with E-state index >= 15 is 0 Å². The van der Waals surface area contributed by atoms with Gasteiger partial charge in [0.1, 0.15) is 5.54 Å². The van der Waals surface area contributed by atoms with Gasteiger partial charge in [-0.05, 0) is 33.1 Å². The van der Waals surface area contributed by atoms with Gasteiger partial charge in [-0.3, -0.25) is 0 Å². The SMILES string of the molecule is CCC1(C(=O)O)CCCN1C(=O)N1CC(C)OCC1C. The van der Waals surface area contributed by atoms with Gasteiger partial charge in [-0.15, -0.1) is 0 Å². The fourth-order valence-electron chi connectivity index (χ4n) is 3.22. The summed E-state index contributed by atoms with van der Waals surface area (Å²) in [6, 6.07) is -0.169. The zero-order chi connectivity index (χ0) is 14.9. The third-order valence-corrected chi connectivity index (χ3v) is 4.56. The van der Waals surface area contributed by atoms with Crippen LogP contribution in [0, 0.1) is 0 Å². The highest BCUT2D eigenvalue weighted by molar-refractivity contribution is 5.87. The molecule has 0 bridgehead atoms. The second kappa shape index (κ2) is 5.60. The van der Waals surface area contributed by atoms with E-state index < -0.39 is 11.5 Å². The molecule has 2 saturated heterocycles. The first kappa shape index (κ1) is 15.1. The third-order valence-electron chi connectivity index (χ3n) is 4.56. The van der Waals surface area contributed by atoms with Crippen LogP contribution in [0.1, 0.15) is 40.0 Å². The van der Waals surface area contributed by atoms with Crippen LogP contribution < -0.4 is 0 Å². The Kier molecular flexibility index (Phi) is 4.22. The molecule has 6 nitrogen and oxygen atoms in total. The van der Waals surface area contributed by atoms with Crippen molar-refractivity contribution in [3.8, 4) is 0 Å². The zero-order valence-electron chi connectivity index (χ0n) is 12.5. The van der Waals surface area contributed by atoms with Crippen LogP contribution in [0.4, 0.5) is 4.79 Å². The van der Waals surface area contributed by atoms with Crippen molar-refractivity contribution in [1.82, 2.24) is 9.80 Å². The maximum absolute atomic E-state index is 12.8. The van der Waals surface area contributed by atoms with Gasteiger partial charge in [-0.2, -0.15) is 0 Å². The maximum atomic E-state index is 12.8. The van der Waals surface area contributed by atoms with E-state index in [1.54, 1.807) is 9.80 Å². The van der Waals surface area contributed by atoms with Gasteiger partial charge >= 0.3 is 12.0 Å². The molecule has 2 amide bonds. The Hall–Kier alpha value is -1.30. The normalized spacial score (nSPS) is 34.4. The lowest BCUT2D eigenvalue weighted by atomic mass is 9.93. The van der Waals surface area contributed by atoms with E-state index in [0.29, 0.717) is 32.5 Å². The Morgan fingerprint density at radius 3 is 2.70 bits per heavy atom. The van der Waals surface area contributed by atoms with Gasteiger partial charge in [0.2, 0.25) is 0 Å². The van der Waals surface area contributed by atoms with Gasteiger partial charge in [0.15, 0.2) is 0 Å². The number of rotatable bonds is 2. The van der Waals surface area contributed by atoms with Crippen molar-refractivity contribution in [2.24, 2.45) is 0 Å². The number of hydrogen-bond donors (Lipinski definition) is 1. The summed E-state index contributed by atoms with van der Waals surface area (Å²) >= 11 is 0. The summed E-state index contributed by atoms with van der Waals surface area (Å²) in [7, 11) is 0. The average molecular weight is 284 g/mol. The highest BCUT2D eigenvalue weighted by Crippen LogP contribution is 2.34. The van der Waals surface area contributed by atoms with Gasteiger partial charge in [0, 0.05) is 13.1 Å². The van der Waals surface area contributed by atoms with E-state index in [4.69, 9.17) is 4.74 Å². The number of likely N-dealkylation sites (tertiary alicyclic amines) is 1. The molecule has 3 unspecified atom stereocenters. The number of ether oxygens (including phenoxy) is 1. The molecular weight excluding hydrogens is 260 g/mol. The van der Waals surface area contributed by atoms with Crippen molar-refractivity contribution in [2.45, 2.75) is 57.7 Å². The number of nitrogens with zero attached hydrogens (tertiary/aromatic N) is 2. The average Bonchev–Trinajstić information content (AvgIpc) is 2.85. The maximum Gasteiger partial charge on any atom is 0.329 e. The lowest BCUT2D eigenvalue weighted by Gasteiger charge is -2.42. The van der Waals surface area contributed by atoms with Gasteiger partial charge < -0.3 is 19.6 Å². The minimum Gasteiger partial charge on any atom is -0.479 e. The summed E-state index contributed by atoms with van der Waals surface area (Å²) in [5.41, 5.74) is -1.03. The summed E-state index contributed by atoms with van der Waals surface area (Å²) < 4.78 is 5.53. The molecule has 0 radical (unpaired) electrons.